The molecule has 5 rings (SSSR count). The highest BCUT2D eigenvalue weighted by atomic mass is 35.5. The first kappa shape index (κ1) is 23.4. The molecule has 4 heterocycles. The third-order valence-corrected chi connectivity index (χ3v) is 7.23. The van der Waals surface area contributed by atoms with Crippen LogP contribution in [0.25, 0.3) is 21.9 Å². The van der Waals surface area contributed by atoms with Crippen LogP contribution in [-0.4, -0.2) is 34.6 Å². The van der Waals surface area contributed by atoms with Gasteiger partial charge in [0.05, 0.1) is 15.4 Å². The van der Waals surface area contributed by atoms with Crippen LogP contribution >= 0.6 is 11.6 Å². The Morgan fingerprint density at radius 1 is 0.971 bits per heavy atom. The van der Waals surface area contributed by atoms with Crippen LogP contribution in [0.5, 0.6) is 0 Å². The smallest absolute Gasteiger partial charge is 0.177 e. The zero-order valence-electron chi connectivity index (χ0n) is 19.3. The first-order valence-electron chi connectivity index (χ1n) is 11.1. The SMILES string of the molecule is Cc1cnc2c(S(C)(=O)=O)cc(Cc3cc(CNCc4cnc5[nH]cc(Cl)c5c4)ccn3)cc2c1. The molecular formula is C26H24ClN5O2S. The molecule has 1 aromatic carbocycles. The number of fused-ring (bicyclic) bond motifs is 2. The minimum atomic E-state index is -3.42. The lowest BCUT2D eigenvalue weighted by Crippen LogP contribution is -2.13. The third kappa shape index (κ3) is 5.19. The standard InChI is InChI=1S/C26H24ClN5O2S/c1-16-5-20-6-18(10-24(35(2,33)34)25(20)30-11-16)8-21-7-17(3-4-29-21)12-28-13-19-9-22-23(27)15-32-26(22)31-14-19/h3-7,9-11,14-15,28H,8,12-13H2,1-2H3,(H,31,32). The number of aromatic amines is 1. The van der Waals surface area contributed by atoms with Crippen LogP contribution in [0.3, 0.4) is 0 Å². The van der Waals surface area contributed by atoms with Gasteiger partial charge in [-0.3, -0.25) is 9.97 Å². The van der Waals surface area contributed by atoms with Gasteiger partial charge in [0.2, 0.25) is 0 Å². The second-order valence-electron chi connectivity index (χ2n) is 8.76. The molecule has 35 heavy (non-hydrogen) atoms. The van der Waals surface area contributed by atoms with Crippen LogP contribution in [0, 0.1) is 6.92 Å². The number of hydrogen-bond donors (Lipinski definition) is 2. The van der Waals surface area contributed by atoms with Crippen molar-refractivity contribution in [2.45, 2.75) is 31.3 Å². The van der Waals surface area contributed by atoms with Gasteiger partial charge in [0, 0.05) is 67.0 Å². The molecule has 0 spiro atoms. The maximum Gasteiger partial charge on any atom is 0.177 e. The van der Waals surface area contributed by atoms with Crippen LogP contribution in [0.4, 0.5) is 0 Å². The third-order valence-electron chi connectivity index (χ3n) is 5.81. The highest BCUT2D eigenvalue weighted by Crippen LogP contribution is 2.26. The highest BCUT2D eigenvalue weighted by molar-refractivity contribution is 7.91. The van der Waals surface area contributed by atoms with Crippen LogP contribution < -0.4 is 5.32 Å². The van der Waals surface area contributed by atoms with E-state index in [1.807, 2.05) is 43.5 Å². The number of hydrogen-bond acceptors (Lipinski definition) is 6. The predicted octanol–water partition coefficient (Wildman–Crippen LogP) is 4.75. The number of rotatable bonds is 7. The summed E-state index contributed by atoms with van der Waals surface area (Å²) in [4.78, 5) is 16.6. The summed E-state index contributed by atoms with van der Waals surface area (Å²) < 4.78 is 24.8. The molecule has 0 aliphatic rings. The van der Waals surface area contributed by atoms with Gasteiger partial charge in [-0.2, -0.15) is 0 Å². The summed E-state index contributed by atoms with van der Waals surface area (Å²) in [6.07, 6.45) is 8.78. The van der Waals surface area contributed by atoms with E-state index in [9.17, 15) is 8.42 Å². The predicted molar refractivity (Wildman–Crippen MR) is 138 cm³/mol. The van der Waals surface area contributed by atoms with Crippen LogP contribution in [0.15, 0.2) is 66.1 Å². The average molecular weight is 506 g/mol. The molecule has 0 saturated heterocycles. The Bertz CT molecular complexity index is 1660. The van der Waals surface area contributed by atoms with Crippen LogP contribution in [-0.2, 0) is 29.3 Å². The van der Waals surface area contributed by atoms with Crippen molar-refractivity contribution in [2.75, 3.05) is 6.26 Å². The monoisotopic (exact) mass is 505 g/mol. The van der Waals surface area contributed by atoms with Crippen LogP contribution in [0.1, 0.15) is 27.9 Å². The first-order valence-corrected chi connectivity index (χ1v) is 13.4. The van der Waals surface area contributed by atoms with Crippen molar-refractivity contribution in [2.24, 2.45) is 0 Å². The molecule has 7 nitrogen and oxygen atoms in total. The van der Waals surface area contributed by atoms with Gasteiger partial charge in [-0.1, -0.05) is 11.6 Å². The summed E-state index contributed by atoms with van der Waals surface area (Å²) in [5.74, 6) is 0. The Balaban J connectivity index is 1.33. The normalized spacial score (nSPS) is 12.0. The number of sulfone groups is 1. The van der Waals surface area contributed by atoms with Gasteiger partial charge in [0.25, 0.3) is 0 Å². The van der Waals surface area contributed by atoms with Gasteiger partial charge in [-0.05, 0) is 65.6 Å². The summed E-state index contributed by atoms with van der Waals surface area (Å²) in [6, 6.07) is 11.7. The molecule has 5 aromatic rings. The number of aromatic nitrogens is 4. The largest absolute Gasteiger partial charge is 0.345 e. The minimum absolute atomic E-state index is 0.246. The molecule has 0 aliphatic carbocycles. The molecule has 0 amide bonds. The van der Waals surface area contributed by atoms with Gasteiger partial charge >= 0.3 is 0 Å². The lowest BCUT2D eigenvalue weighted by molar-refractivity contribution is 0.602. The zero-order chi connectivity index (χ0) is 24.6. The average Bonchev–Trinajstić information content (AvgIpc) is 3.18. The lowest BCUT2D eigenvalue weighted by Gasteiger charge is -2.10. The van der Waals surface area contributed by atoms with Gasteiger partial charge in [-0.25, -0.2) is 13.4 Å². The number of aryl methyl sites for hydroxylation is 1. The Morgan fingerprint density at radius 2 is 1.80 bits per heavy atom. The van der Waals surface area contributed by atoms with Crippen molar-refractivity contribution in [3.8, 4) is 0 Å². The van der Waals surface area contributed by atoms with Crippen molar-refractivity contribution < 1.29 is 8.42 Å². The summed E-state index contributed by atoms with van der Waals surface area (Å²) in [7, 11) is -3.42. The van der Waals surface area contributed by atoms with Gasteiger partial charge in [-0.15, -0.1) is 0 Å². The summed E-state index contributed by atoms with van der Waals surface area (Å²) in [5, 5.41) is 5.82. The molecule has 0 unspecified atom stereocenters. The summed E-state index contributed by atoms with van der Waals surface area (Å²) in [5.41, 5.74) is 6.13. The summed E-state index contributed by atoms with van der Waals surface area (Å²) >= 11 is 6.20. The van der Waals surface area contributed by atoms with Crippen LogP contribution in [0.2, 0.25) is 5.02 Å². The molecule has 0 fully saturated rings. The number of nitrogens with zero attached hydrogens (tertiary/aromatic N) is 3. The maximum absolute atomic E-state index is 12.4. The fraction of sp³-hybridized carbons (Fsp3) is 0.192. The molecule has 4 aromatic heterocycles. The quantitative estimate of drug-likeness (QED) is 0.331. The van der Waals surface area contributed by atoms with Crippen molar-refractivity contribution in [1.82, 2.24) is 25.3 Å². The molecule has 0 saturated carbocycles. The topological polar surface area (TPSA) is 101 Å². The fourth-order valence-electron chi connectivity index (χ4n) is 4.18. The molecule has 9 heteroatoms. The second kappa shape index (κ2) is 9.37. The van der Waals surface area contributed by atoms with E-state index in [-0.39, 0.29) is 4.90 Å². The number of pyridine rings is 3. The highest BCUT2D eigenvalue weighted by Gasteiger charge is 2.15. The molecule has 2 N–H and O–H groups in total. The van der Waals surface area contributed by atoms with Crippen molar-refractivity contribution in [3.63, 3.8) is 0 Å². The van der Waals surface area contributed by atoms with Crippen molar-refractivity contribution in [1.29, 1.82) is 0 Å². The number of halogens is 1. The Morgan fingerprint density at radius 3 is 2.63 bits per heavy atom. The van der Waals surface area contributed by atoms with E-state index in [0.717, 1.165) is 44.4 Å². The summed E-state index contributed by atoms with van der Waals surface area (Å²) in [6.45, 7) is 3.25. The lowest BCUT2D eigenvalue weighted by atomic mass is 10.0. The van der Waals surface area contributed by atoms with Gasteiger partial charge < -0.3 is 10.3 Å². The van der Waals surface area contributed by atoms with Gasteiger partial charge in [0.1, 0.15) is 5.65 Å². The second-order valence-corrected chi connectivity index (χ2v) is 11.2. The number of H-pyrrole nitrogens is 1. The molecular weight excluding hydrogens is 482 g/mol. The van der Waals surface area contributed by atoms with E-state index >= 15 is 0 Å². The van der Waals surface area contributed by atoms with Crippen molar-refractivity contribution >= 4 is 43.4 Å². The Kier molecular flexibility index (Phi) is 6.27. The number of benzene rings is 1. The fourth-order valence-corrected chi connectivity index (χ4v) is 5.26. The van der Waals surface area contributed by atoms with E-state index in [0.29, 0.717) is 30.0 Å². The molecule has 0 aliphatic heterocycles. The first-order chi connectivity index (χ1) is 16.8. The van der Waals surface area contributed by atoms with Crippen molar-refractivity contribution in [3.05, 3.63) is 94.2 Å². The van der Waals surface area contributed by atoms with E-state index in [2.05, 4.69) is 25.3 Å². The number of nitrogens with one attached hydrogen (secondary N) is 2. The van der Waals surface area contributed by atoms with E-state index in [1.165, 1.54) is 6.26 Å². The zero-order valence-corrected chi connectivity index (χ0v) is 20.9. The molecule has 0 atom stereocenters. The van der Waals surface area contributed by atoms with E-state index in [4.69, 9.17) is 11.6 Å². The molecule has 178 valence electrons. The Labute approximate surface area is 208 Å². The Hall–Kier alpha value is -3.33. The van der Waals surface area contributed by atoms with Gasteiger partial charge in [0.15, 0.2) is 9.84 Å². The maximum atomic E-state index is 12.4. The molecule has 0 bridgehead atoms. The van der Waals surface area contributed by atoms with E-state index < -0.39 is 9.84 Å². The minimum Gasteiger partial charge on any atom is -0.345 e. The van der Waals surface area contributed by atoms with E-state index in [1.54, 1.807) is 24.7 Å². The molecule has 0 radical (unpaired) electrons.